The molecule has 0 aliphatic heterocycles. The second-order valence-electron chi connectivity index (χ2n) is 5.14. The minimum Gasteiger partial charge on any atom is -0.349 e. The molecular weight excluding hydrogens is 274 g/mol. The summed E-state index contributed by atoms with van der Waals surface area (Å²) in [6.45, 7) is 0. The number of nitrogens with zero attached hydrogens (tertiary/aromatic N) is 1. The maximum atomic E-state index is 13.5. The van der Waals surface area contributed by atoms with E-state index in [2.05, 4.69) is 5.32 Å². The van der Waals surface area contributed by atoms with Crippen LogP contribution < -0.4 is 5.32 Å². The van der Waals surface area contributed by atoms with Crippen molar-refractivity contribution in [2.45, 2.75) is 38.1 Å². The lowest BCUT2D eigenvalue weighted by Crippen LogP contribution is -2.36. The van der Waals surface area contributed by atoms with E-state index in [1.807, 2.05) is 0 Å². The number of nitriles is 1. The largest absolute Gasteiger partial charge is 0.349 e. The first kappa shape index (κ1) is 15.2. The van der Waals surface area contributed by atoms with Gasteiger partial charge in [-0.05, 0) is 31.1 Å². The molecule has 0 bridgehead atoms. The molecule has 1 aromatic rings. The molecule has 0 saturated heterocycles. The first-order valence-corrected chi connectivity index (χ1v) is 6.98. The highest BCUT2D eigenvalue weighted by Crippen LogP contribution is 2.18. The molecule has 0 radical (unpaired) electrons. The summed E-state index contributed by atoms with van der Waals surface area (Å²) in [5.74, 6) is -2.00. The van der Waals surface area contributed by atoms with Gasteiger partial charge >= 0.3 is 0 Å². The standard InChI is InChI=1S/C16H16F2N2O/c17-13-7-6-11(15(18)9-13)8-12(10-19)16(21)20-14-4-2-1-3-5-14/h6-9,14H,1-5H2,(H,20,21)/b12-8-. The van der Waals surface area contributed by atoms with Gasteiger partial charge in [0.15, 0.2) is 0 Å². The summed E-state index contributed by atoms with van der Waals surface area (Å²) >= 11 is 0. The smallest absolute Gasteiger partial charge is 0.262 e. The zero-order chi connectivity index (χ0) is 15.2. The number of amides is 1. The van der Waals surface area contributed by atoms with Crippen LogP contribution in [-0.4, -0.2) is 11.9 Å². The Bertz CT molecular complexity index is 599. The summed E-state index contributed by atoms with van der Waals surface area (Å²) < 4.78 is 26.4. The predicted molar refractivity (Wildman–Crippen MR) is 75.0 cm³/mol. The van der Waals surface area contributed by atoms with E-state index in [9.17, 15) is 13.6 Å². The lowest BCUT2D eigenvalue weighted by molar-refractivity contribution is -0.117. The van der Waals surface area contributed by atoms with E-state index < -0.39 is 17.5 Å². The van der Waals surface area contributed by atoms with Crippen molar-refractivity contribution in [1.82, 2.24) is 5.32 Å². The summed E-state index contributed by atoms with van der Waals surface area (Å²) in [6, 6.07) is 4.85. The van der Waals surface area contributed by atoms with Gasteiger partial charge < -0.3 is 5.32 Å². The van der Waals surface area contributed by atoms with Gasteiger partial charge in [0.2, 0.25) is 0 Å². The molecule has 21 heavy (non-hydrogen) atoms. The first-order chi connectivity index (χ1) is 10.1. The second-order valence-corrected chi connectivity index (χ2v) is 5.14. The Morgan fingerprint density at radius 2 is 2.00 bits per heavy atom. The highest BCUT2D eigenvalue weighted by Gasteiger charge is 2.18. The Labute approximate surface area is 122 Å². The minimum atomic E-state index is -0.798. The molecule has 0 spiro atoms. The van der Waals surface area contributed by atoms with E-state index >= 15 is 0 Å². The van der Waals surface area contributed by atoms with Gasteiger partial charge in [-0.3, -0.25) is 4.79 Å². The van der Waals surface area contributed by atoms with Crippen molar-refractivity contribution in [2.24, 2.45) is 0 Å². The lowest BCUT2D eigenvalue weighted by atomic mass is 9.95. The van der Waals surface area contributed by atoms with Crippen LogP contribution in [0.15, 0.2) is 23.8 Å². The highest BCUT2D eigenvalue weighted by atomic mass is 19.1. The average Bonchev–Trinajstić information content (AvgIpc) is 2.47. The summed E-state index contributed by atoms with van der Waals surface area (Å²) in [5.41, 5.74) is -0.155. The van der Waals surface area contributed by atoms with Crippen molar-refractivity contribution in [3.8, 4) is 6.07 Å². The van der Waals surface area contributed by atoms with Crippen molar-refractivity contribution >= 4 is 12.0 Å². The molecule has 1 amide bonds. The summed E-state index contributed by atoms with van der Waals surface area (Å²) in [5, 5.41) is 11.9. The molecule has 0 aromatic heterocycles. The zero-order valence-electron chi connectivity index (χ0n) is 11.5. The number of rotatable bonds is 3. The zero-order valence-corrected chi connectivity index (χ0v) is 11.5. The fourth-order valence-electron chi connectivity index (χ4n) is 2.43. The third-order valence-corrected chi connectivity index (χ3v) is 3.57. The number of benzene rings is 1. The second kappa shape index (κ2) is 6.98. The molecule has 3 nitrogen and oxygen atoms in total. The maximum absolute atomic E-state index is 13.5. The minimum absolute atomic E-state index is 0.0201. The first-order valence-electron chi connectivity index (χ1n) is 6.98. The van der Waals surface area contributed by atoms with Crippen LogP contribution in [0.5, 0.6) is 0 Å². The summed E-state index contributed by atoms with van der Waals surface area (Å²) in [7, 11) is 0. The van der Waals surface area contributed by atoms with Crippen LogP contribution in [-0.2, 0) is 4.79 Å². The van der Waals surface area contributed by atoms with E-state index in [0.29, 0.717) is 0 Å². The van der Waals surface area contributed by atoms with E-state index in [-0.39, 0.29) is 17.2 Å². The average molecular weight is 290 g/mol. The van der Waals surface area contributed by atoms with E-state index in [1.165, 1.54) is 6.07 Å². The molecule has 2 rings (SSSR count). The van der Waals surface area contributed by atoms with Crippen molar-refractivity contribution in [3.05, 3.63) is 41.0 Å². The normalized spacial score (nSPS) is 16.3. The van der Waals surface area contributed by atoms with Crippen LogP contribution in [0.2, 0.25) is 0 Å². The Morgan fingerprint density at radius 3 is 2.62 bits per heavy atom. The Kier molecular flexibility index (Phi) is 5.04. The molecule has 1 saturated carbocycles. The summed E-state index contributed by atoms with van der Waals surface area (Å²) in [4.78, 5) is 12.0. The predicted octanol–water partition coefficient (Wildman–Crippen LogP) is 3.32. The summed E-state index contributed by atoms with van der Waals surface area (Å²) in [6.07, 6.45) is 6.22. The van der Waals surface area contributed by atoms with E-state index in [1.54, 1.807) is 6.07 Å². The molecule has 110 valence electrons. The van der Waals surface area contributed by atoms with Gasteiger partial charge in [-0.25, -0.2) is 8.78 Å². The lowest BCUT2D eigenvalue weighted by Gasteiger charge is -2.22. The van der Waals surface area contributed by atoms with Crippen LogP contribution in [0.1, 0.15) is 37.7 Å². The van der Waals surface area contributed by atoms with Gasteiger partial charge in [0, 0.05) is 17.7 Å². The molecule has 5 heteroatoms. The van der Waals surface area contributed by atoms with Crippen LogP contribution in [0, 0.1) is 23.0 Å². The number of nitrogens with one attached hydrogen (secondary N) is 1. The number of carbonyl (C=O) groups excluding carboxylic acids is 1. The Hall–Kier alpha value is -2.22. The van der Waals surface area contributed by atoms with Crippen LogP contribution in [0.25, 0.3) is 6.08 Å². The van der Waals surface area contributed by atoms with Crippen LogP contribution in [0.4, 0.5) is 8.78 Å². The molecule has 1 aromatic carbocycles. The van der Waals surface area contributed by atoms with Crippen molar-refractivity contribution in [2.75, 3.05) is 0 Å². The third-order valence-electron chi connectivity index (χ3n) is 3.57. The highest BCUT2D eigenvalue weighted by molar-refractivity contribution is 6.01. The van der Waals surface area contributed by atoms with Gasteiger partial charge in [0.25, 0.3) is 5.91 Å². The topological polar surface area (TPSA) is 52.9 Å². The number of carbonyl (C=O) groups is 1. The fourth-order valence-corrected chi connectivity index (χ4v) is 2.43. The van der Waals surface area contributed by atoms with Crippen LogP contribution >= 0.6 is 0 Å². The molecule has 0 atom stereocenters. The quantitative estimate of drug-likeness (QED) is 0.686. The van der Waals surface area contributed by atoms with Gasteiger partial charge in [0.05, 0.1) is 0 Å². The van der Waals surface area contributed by atoms with Gasteiger partial charge in [-0.2, -0.15) is 5.26 Å². The molecule has 1 aliphatic carbocycles. The van der Waals surface area contributed by atoms with Gasteiger partial charge in [-0.15, -0.1) is 0 Å². The molecule has 1 fully saturated rings. The SMILES string of the molecule is N#C/C(=C/c1ccc(F)cc1F)C(=O)NC1CCCCC1. The number of hydrogen-bond donors (Lipinski definition) is 1. The van der Waals surface area contributed by atoms with Gasteiger partial charge in [-0.1, -0.05) is 19.3 Å². The maximum Gasteiger partial charge on any atom is 0.262 e. The monoisotopic (exact) mass is 290 g/mol. The Balaban J connectivity index is 2.12. The third kappa shape index (κ3) is 4.12. The molecular formula is C16H16F2N2O. The molecule has 1 aliphatic rings. The molecule has 0 heterocycles. The molecule has 0 unspecified atom stereocenters. The van der Waals surface area contributed by atoms with Crippen LogP contribution in [0.3, 0.4) is 0 Å². The number of halogens is 2. The van der Waals surface area contributed by atoms with Crippen molar-refractivity contribution in [3.63, 3.8) is 0 Å². The Morgan fingerprint density at radius 1 is 1.29 bits per heavy atom. The van der Waals surface area contributed by atoms with E-state index in [4.69, 9.17) is 5.26 Å². The van der Waals surface area contributed by atoms with Gasteiger partial charge in [0.1, 0.15) is 23.3 Å². The molecule has 1 N–H and O–H groups in total. The van der Waals surface area contributed by atoms with Crippen molar-refractivity contribution in [1.29, 1.82) is 5.26 Å². The number of hydrogen-bond acceptors (Lipinski definition) is 2. The fraction of sp³-hybridized carbons (Fsp3) is 0.375. The van der Waals surface area contributed by atoms with E-state index in [0.717, 1.165) is 50.3 Å². The van der Waals surface area contributed by atoms with Crippen molar-refractivity contribution < 1.29 is 13.6 Å².